The molecule has 1 saturated heterocycles. The molecular formula is C21H23F3N4O3. The lowest BCUT2D eigenvalue weighted by molar-refractivity contribution is -0.137. The van der Waals surface area contributed by atoms with Gasteiger partial charge in [-0.05, 0) is 43.2 Å². The highest BCUT2D eigenvalue weighted by atomic mass is 19.4. The second kappa shape index (κ2) is 9.23. The lowest BCUT2D eigenvalue weighted by Gasteiger charge is -2.34. The normalized spacial score (nSPS) is 16.5. The summed E-state index contributed by atoms with van der Waals surface area (Å²) in [6.07, 6.45) is -2.10. The van der Waals surface area contributed by atoms with Crippen LogP contribution >= 0.6 is 0 Å². The Morgan fingerprint density at radius 1 is 1.23 bits per heavy atom. The molecule has 1 aliphatic heterocycles. The van der Waals surface area contributed by atoms with E-state index in [0.717, 1.165) is 6.07 Å². The van der Waals surface area contributed by atoms with Gasteiger partial charge < -0.3 is 20.3 Å². The number of benzene rings is 1. The largest absolute Gasteiger partial charge is 0.495 e. The Labute approximate surface area is 177 Å². The number of amides is 2. The highest BCUT2D eigenvalue weighted by molar-refractivity contribution is 5.95. The van der Waals surface area contributed by atoms with Gasteiger partial charge in [0, 0.05) is 31.9 Å². The van der Waals surface area contributed by atoms with E-state index in [4.69, 9.17) is 4.74 Å². The number of carbonyl (C=O) groups excluding carboxylic acids is 2. The molecule has 166 valence electrons. The second-order valence-corrected chi connectivity index (χ2v) is 7.24. The van der Waals surface area contributed by atoms with Gasteiger partial charge in [-0.2, -0.15) is 13.2 Å². The number of ether oxygens (including phenoxy) is 1. The van der Waals surface area contributed by atoms with Gasteiger partial charge in [-0.15, -0.1) is 0 Å². The molecule has 0 spiro atoms. The summed E-state index contributed by atoms with van der Waals surface area (Å²) in [4.78, 5) is 29.6. The summed E-state index contributed by atoms with van der Waals surface area (Å²) in [5, 5.41) is 5.41. The number of hydrogen-bond acceptors (Lipinski definition) is 5. The van der Waals surface area contributed by atoms with Crippen LogP contribution in [0.1, 0.15) is 25.3 Å². The van der Waals surface area contributed by atoms with E-state index < -0.39 is 17.7 Å². The van der Waals surface area contributed by atoms with Crippen LogP contribution < -0.4 is 20.3 Å². The number of carbonyl (C=O) groups is 2. The molecule has 7 nitrogen and oxygen atoms in total. The molecule has 2 aromatic rings. The molecule has 1 fully saturated rings. The molecular weight excluding hydrogens is 413 g/mol. The van der Waals surface area contributed by atoms with Gasteiger partial charge >= 0.3 is 6.18 Å². The predicted octanol–water partition coefficient (Wildman–Crippen LogP) is 3.92. The number of piperidine rings is 1. The van der Waals surface area contributed by atoms with E-state index in [1.807, 2.05) is 0 Å². The monoisotopic (exact) mass is 436 g/mol. The van der Waals surface area contributed by atoms with Crippen molar-refractivity contribution in [3.63, 3.8) is 0 Å². The van der Waals surface area contributed by atoms with Gasteiger partial charge in [0.25, 0.3) is 0 Å². The Kier molecular flexibility index (Phi) is 6.67. The molecule has 1 aromatic heterocycles. The molecule has 3 rings (SSSR count). The Morgan fingerprint density at radius 3 is 2.68 bits per heavy atom. The highest BCUT2D eigenvalue weighted by Gasteiger charge is 2.37. The van der Waals surface area contributed by atoms with Gasteiger partial charge in [-0.1, -0.05) is 0 Å². The molecule has 2 heterocycles. The van der Waals surface area contributed by atoms with E-state index in [0.29, 0.717) is 36.5 Å². The van der Waals surface area contributed by atoms with Gasteiger partial charge in [0.15, 0.2) is 0 Å². The smallest absolute Gasteiger partial charge is 0.419 e. The molecule has 1 aliphatic rings. The average Bonchev–Trinajstić information content (AvgIpc) is 2.73. The second-order valence-electron chi connectivity index (χ2n) is 7.24. The van der Waals surface area contributed by atoms with Crippen LogP contribution in [0.15, 0.2) is 36.5 Å². The zero-order valence-electron chi connectivity index (χ0n) is 17.1. The SMILES string of the molecule is COc1ccc(NC(=O)C2CCCN(c3ncccc3C(F)(F)F)C2)cc1NC(C)=O. The Bertz CT molecular complexity index is 965. The van der Waals surface area contributed by atoms with Crippen LogP contribution in [0.25, 0.3) is 0 Å². The maximum atomic E-state index is 13.4. The number of aromatic nitrogens is 1. The molecule has 2 amide bonds. The fourth-order valence-corrected chi connectivity index (χ4v) is 3.57. The number of halogens is 3. The minimum atomic E-state index is -4.53. The third-order valence-electron chi connectivity index (χ3n) is 4.96. The Hall–Kier alpha value is -3.30. The molecule has 2 N–H and O–H groups in total. The molecule has 31 heavy (non-hydrogen) atoms. The van der Waals surface area contributed by atoms with Crippen molar-refractivity contribution in [2.75, 3.05) is 35.7 Å². The fourth-order valence-electron chi connectivity index (χ4n) is 3.57. The summed E-state index contributed by atoms with van der Waals surface area (Å²) in [6.45, 7) is 1.87. The van der Waals surface area contributed by atoms with Crippen LogP contribution in [0.4, 0.5) is 30.4 Å². The minimum absolute atomic E-state index is 0.126. The van der Waals surface area contributed by atoms with Gasteiger partial charge in [0.05, 0.1) is 24.3 Å². The van der Waals surface area contributed by atoms with Crippen molar-refractivity contribution in [3.05, 3.63) is 42.1 Å². The molecule has 0 aliphatic carbocycles. The van der Waals surface area contributed by atoms with Crippen LogP contribution in [-0.2, 0) is 15.8 Å². The molecule has 1 atom stereocenters. The number of pyridine rings is 1. The third-order valence-corrected chi connectivity index (χ3v) is 4.96. The first-order valence-corrected chi connectivity index (χ1v) is 9.72. The van der Waals surface area contributed by atoms with E-state index in [2.05, 4.69) is 15.6 Å². The van der Waals surface area contributed by atoms with Crippen molar-refractivity contribution < 1.29 is 27.5 Å². The van der Waals surface area contributed by atoms with Crippen molar-refractivity contribution in [2.24, 2.45) is 5.92 Å². The van der Waals surface area contributed by atoms with E-state index in [9.17, 15) is 22.8 Å². The highest BCUT2D eigenvalue weighted by Crippen LogP contribution is 2.36. The molecule has 0 saturated carbocycles. The molecule has 1 aromatic carbocycles. The minimum Gasteiger partial charge on any atom is -0.495 e. The zero-order chi connectivity index (χ0) is 22.6. The summed E-state index contributed by atoms with van der Waals surface area (Å²) >= 11 is 0. The average molecular weight is 436 g/mol. The number of nitrogens with zero attached hydrogens (tertiary/aromatic N) is 2. The van der Waals surface area contributed by atoms with Gasteiger partial charge in [0.2, 0.25) is 11.8 Å². The summed E-state index contributed by atoms with van der Waals surface area (Å²) in [7, 11) is 1.46. The maximum absolute atomic E-state index is 13.4. The Balaban J connectivity index is 1.75. The predicted molar refractivity (Wildman–Crippen MR) is 110 cm³/mol. The van der Waals surface area contributed by atoms with Crippen molar-refractivity contribution in [3.8, 4) is 5.75 Å². The maximum Gasteiger partial charge on any atom is 0.419 e. The van der Waals surface area contributed by atoms with Crippen LogP contribution in [0.3, 0.4) is 0 Å². The Morgan fingerprint density at radius 2 is 2.00 bits per heavy atom. The number of rotatable bonds is 5. The lowest BCUT2D eigenvalue weighted by Crippen LogP contribution is -2.42. The topological polar surface area (TPSA) is 83.6 Å². The lowest BCUT2D eigenvalue weighted by atomic mass is 9.96. The molecule has 0 bridgehead atoms. The third kappa shape index (κ3) is 5.44. The van der Waals surface area contributed by atoms with E-state index in [-0.39, 0.29) is 24.2 Å². The van der Waals surface area contributed by atoms with E-state index in [1.54, 1.807) is 18.2 Å². The van der Waals surface area contributed by atoms with Crippen LogP contribution in [-0.4, -0.2) is 37.0 Å². The first kappa shape index (κ1) is 22.4. The van der Waals surface area contributed by atoms with Gasteiger partial charge in [-0.3, -0.25) is 9.59 Å². The van der Waals surface area contributed by atoms with Crippen molar-refractivity contribution >= 4 is 29.0 Å². The summed E-state index contributed by atoms with van der Waals surface area (Å²) in [5.74, 6) is -0.839. The number of hydrogen-bond donors (Lipinski definition) is 2. The summed E-state index contributed by atoms with van der Waals surface area (Å²) in [6, 6.07) is 7.05. The summed E-state index contributed by atoms with van der Waals surface area (Å²) in [5.41, 5.74) is 0.0352. The quantitative estimate of drug-likeness (QED) is 0.742. The number of methoxy groups -OCH3 is 1. The summed E-state index contributed by atoms with van der Waals surface area (Å²) < 4.78 is 45.2. The molecule has 0 radical (unpaired) electrons. The van der Waals surface area contributed by atoms with Crippen molar-refractivity contribution in [1.82, 2.24) is 4.98 Å². The molecule has 1 unspecified atom stereocenters. The van der Waals surface area contributed by atoms with E-state index in [1.165, 1.54) is 31.2 Å². The standard InChI is InChI=1S/C21H23F3N4O3/c1-13(29)26-17-11-15(7-8-18(17)31-2)27-20(30)14-5-4-10-28(12-14)19-16(21(22,23)24)6-3-9-25-19/h3,6-9,11,14H,4-5,10,12H2,1-2H3,(H,26,29)(H,27,30). The molecule has 10 heteroatoms. The first-order chi connectivity index (χ1) is 14.7. The zero-order valence-corrected chi connectivity index (χ0v) is 17.1. The number of anilines is 3. The van der Waals surface area contributed by atoms with Crippen LogP contribution in [0.2, 0.25) is 0 Å². The van der Waals surface area contributed by atoms with Gasteiger partial charge in [0.1, 0.15) is 11.6 Å². The van der Waals surface area contributed by atoms with Crippen LogP contribution in [0.5, 0.6) is 5.75 Å². The van der Waals surface area contributed by atoms with Crippen molar-refractivity contribution in [1.29, 1.82) is 0 Å². The van der Waals surface area contributed by atoms with Crippen LogP contribution in [0, 0.1) is 5.92 Å². The van der Waals surface area contributed by atoms with Crippen molar-refractivity contribution in [2.45, 2.75) is 25.9 Å². The number of alkyl halides is 3. The number of nitrogens with one attached hydrogen (secondary N) is 2. The van der Waals surface area contributed by atoms with Gasteiger partial charge in [-0.25, -0.2) is 4.98 Å². The van der Waals surface area contributed by atoms with E-state index >= 15 is 0 Å². The first-order valence-electron chi connectivity index (χ1n) is 9.72. The fraction of sp³-hybridized carbons (Fsp3) is 0.381.